The third-order valence-electron chi connectivity index (χ3n) is 2.64. The fourth-order valence-corrected chi connectivity index (χ4v) is 3.34. The summed E-state index contributed by atoms with van der Waals surface area (Å²) in [6, 6.07) is 3.97. The molecule has 114 valence electrons. The third-order valence-corrected chi connectivity index (χ3v) is 4.96. The Morgan fingerprint density at radius 3 is 1.95 bits per heavy atom. The van der Waals surface area contributed by atoms with E-state index in [0.29, 0.717) is 4.47 Å². The second-order valence-corrected chi connectivity index (χ2v) is 8.62. The summed E-state index contributed by atoms with van der Waals surface area (Å²) in [6.07, 6.45) is -4.50. The Morgan fingerprint density at radius 1 is 1.15 bits per heavy atom. The summed E-state index contributed by atoms with van der Waals surface area (Å²) in [7, 11) is -0.525. The van der Waals surface area contributed by atoms with Gasteiger partial charge in [-0.25, -0.2) is 8.51 Å². The van der Waals surface area contributed by atoms with Gasteiger partial charge in [0.25, 0.3) is 0 Å². The first-order valence-corrected chi connectivity index (χ1v) is 7.81. The van der Waals surface area contributed by atoms with Crippen LogP contribution in [0.15, 0.2) is 28.7 Å². The van der Waals surface area contributed by atoms with E-state index >= 15 is 0 Å². The minimum absolute atomic E-state index is 0.0702. The molecule has 1 aromatic rings. The smallest absolute Gasteiger partial charge is 0.242 e. The molecule has 0 saturated carbocycles. The number of rotatable bonds is 3. The fourth-order valence-electron chi connectivity index (χ4n) is 1.78. The summed E-state index contributed by atoms with van der Waals surface area (Å²) in [5, 5.41) is 0. The van der Waals surface area contributed by atoms with Crippen molar-refractivity contribution in [2.75, 3.05) is 7.05 Å². The van der Waals surface area contributed by atoms with Crippen molar-refractivity contribution in [2.24, 2.45) is 0 Å². The van der Waals surface area contributed by atoms with E-state index in [1.54, 1.807) is 32.9 Å². The van der Waals surface area contributed by atoms with E-state index in [1.165, 1.54) is 19.2 Å². The minimum atomic E-state index is -4.50. The summed E-state index contributed by atoms with van der Waals surface area (Å²) in [5.41, 5.74) is 0.0702. The predicted octanol–water partition coefficient (Wildman–Crippen LogP) is 4.45. The molecule has 0 radical (unpaired) electrons. The van der Waals surface area contributed by atoms with Crippen molar-refractivity contribution >= 4 is 26.9 Å². The molecular formula is C13H17BrF3NOS. The zero-order chi connectivity index (χ0) is 15.7. The van der Waals surface area contributed by atoms with E-state index in [0.717, 1.165) is 4.31 Å². The van der Waals surface area contributed by atoms with E-state index in [9.17, 15) is 17.4 Å². The number of hydrogen-bond donors (Lipinski definition) is 0. The van der Waals surface area contributed by atoms with Crippen LogP contribution >= 0.6 is 15.9 Å². The largest absolute Gasteiger partial charge is 0.409 e. The molecule has 2 nitrogen and oxygen atoms in total. The molecule has 1 rings (SSSR count). The van der Waals surface area contributed by atoms with Gasteiger partial charge in [0.05, 0.1) is 4.75 Å². The Hall–Kier alpha value is -0.400. The number of alkyl halides is 3. The number of benzene rings is 1. The molecule has 0 aliphatic rings. The average Bonchev–Trinajstić information content (AvgIpc) is 2.28. The standard InChI is InChI=1S/C13H17BrF3NOS/c1-12(2,3)20(19)18(4)11(13(15,16)17)9-5-7-10(14)8-6-9/h5-8,11H,1-4H3/t11-,20?/m0/s1. The normalized spacial score (nSPS) is 16.2. The van der Waals surface area contributed by atoms with Gasteiger partial charge in [0.2, 0.25) is 0 Å². The van der Waals surface area contributed by atoms with Crippen molar-refractivity contribution in [1.29, 1.82) is 0 Å². The number of hydrogen-bond acceptors (Lipinski definition) is 1. The SMILES string of the molecule is CN([C@@H](c1ccc(Br)cc1)C(F)(F)F)S(=O)C(C)(C)C. The van der Waals surface area contributed by atoms with Gasteiger partial charge in [0, 0.05) is 11.5 Å². The molecule has 0 fully saturated rings. The molecule has 0 heterocycles. The molecule has 0 aromatic heterocycles. The lowest BCUT2D eigenvalue weighted by molar-refractivity contribution is -0.170. The maximum Gasteiger partial charge on any atom is 0.409 e. The molecular weight excluding hydrogens is 355 g/mol. The molecule has 0 aliphatic heterocycles. The molecule has 0 bridgehead atoms. The van der Waals surface area contributed by atoms with Gasteiger partial charge in [-0.15, -0.1) is 0 Å². The first kappa shape index (κ1) is 17.7. The van der Waals surface area contributed by atoms with E-state index in [-0.39, 0.29) is 5.56 Å². The van der Waals surface area contributed by atoms with Crippen molar-refractivity contribution < 1.29 is 17.4 Å². The molecule has 0 saturated heterocycles. The van der Waals surface area contributed by atoms with Crippen LogP contribution in [0.3, 0.4) is 0 Å². The molecule has 2 atom stereocenters. The van der Waals surface area contributed by atoms with Gasteiger partial charge < -0.3 is 0 Å². The lowest BCUT2D eigenvalue weighted by Gasteiger charge is -2.33. The van der Waals surface area contributed by atoms with Crippen LogP contribution in [0.1, 0.15) is 32.4 Å². The minimum Gasteiger partial charge on any atom is -0.242 e. The van der Waals surface area contributed by atoms with Crippen LogP contribution in [0.25, 0.3) is 0 Å². The summed E-state index contributed by atoms with van der Waals surface area (Å²) < 4.78 is 53.0. The zero-order valence-electron chi connectivity index (χ0n) is 11.7. The van der Waals surface area contributed by atoms with Gasteiger partial charge in [0.1, 0.15) is 17.0 Å². The van der Waals surface area contributed by atoms with E-state index in [1.807, 2.05) is 0 Å². The van der Waals surface area contributed by atoms with Gasteiger partial charge in [-0.05, 0) is 38.5 Å². The van der Waals surface area contributed by atoms with E-state index < -0.39 is 28.0 Å². The second kappa shape index (κ2) is 6.15. The summed E-state index contributed by atoms with van der Waals surface area (Å²) in [4.78, 5) is 0. The molecule has 7 heteroatoms. The highest BCUT2D eigenvalue weighted by atomic mass is 79.9. The topological polar surface area (TPSA) is 20.3 Å². The molecule has 1 aromatic carbocycles. The number of halogens is 4. The van der Waals surface area contributed by atoms with Crippen molar-refractivity contribution in [3.8, 4) is 0 Å². The predicted molar refractivity (Wildman–Crippen MR) is 78.6 cm³/mol. The lowest BCUT2D eigenvalue weighted by atomic mass is 10.1. The summed E-state index contributed by atoms with van der Waals surface area (Å²) in [6.45, 7) is 4.94. The molecule has 0 spiro atoms. The van der Waals surface area contributed by atoms with Gasteiger partial charge in [-0.3, -0.25) is 0 Å². The van der Waals surface area contributed by atoms with Crippen LogP contribution < -0.4 is 0 Å². The first-order chi connectivity index (χ1) is 8.94. The van der Waals surface area contributed by atoms with Crippen LogP contribution in [0.2, 0.25) is 0 Å². The van der Waals surface area contributed by atoms with Crippen LogP contribution in [0.5, 0.6) is 0 Å². The van der Waals surface area contributed by atoms with Gasteiger partial charge in [0.15, 0.2) is 0 Å². The van der Waals surface area contributed by atoms with Gasteiger partial charge >= 0.3 is 6.18 Å². The maximum atomic E-state index is 13.3. The second-order valence-electron chi connectivity index (χ2n) is 5.40. The number of nitrogens with zero attached hydrogens (tertiary/aromatic N) is 1. The highest BCUT2D eigenvalue weighted by Crippen LogP contribution is 2.39. The Morgan fingerprint density at radius 2 is 1.60 bits per heavy atom. The highest BCUT2D eigenvalue weighted by molar-refractivity contribution is 9.10. The van der Waals surface area contributed by atoms with E-state index in [4.69, 9.17) is 0 Å². The summed E-state index contributed by atoms with van der Waals surface area (Å²) in [5.74, 6) is 0. The molecule has 20 heavy (non-hydrogen) atoms. The molecule has 0 N–H and O–H groups in total. The van der Waals surface area contributed by atoms with Crippen LogP contribution in [-0.2, 0) is 11.0 Å². The molecule has 1 unspecified atom stereocenters. The average molecular weight is 372 g/mol. The van der Waals surface area contributed by atoms with E-state index in [2.05, 4.69) is 15.9 Å². The zero-order valence-corrected chi connectivity index (χ0v) is 14.1. The van der Waals surface area contributed by atoms with Crippen molar-refractivity contribution in [3.63, 3.8) is 0 Å². The van der Waals surface area contributed by atoms with Gasteiger partial charge in [-0.2, -0.15) is 13.2 Å². The van der Waals surface area contributed by atoms with Crippen molar-refractivity contribution in [1.82, 2.24) is 4.31 Å². The maximum absolute atomic E-state index is 13.3. The Labute approximate surface area is 128 Å². The first-order valence-electron chi connectivity index (χ1n) is 5.91. The fraction of sp³-hybridized carbons (Fsp3) is 0.538. The quantitative estimate of drug-likeness (QED) is 0.768. The Balaban J connectivity index is 3.21. The lowest BCUT2D eigenvalue weighted by Crippen LogP contribution is -2.42. The summed E-state index contributed by atoms with van der Waals surface area (Å²) >= 11 is 3.19. The Bertz CT molecular complexity index is 482. The molecule has 0 amide bonds. The van der Waals surface area contributed by atoms with Crippen LogP contribution in [0.4, 0.5) is 13.2 Å². The molecule has 0 aliphatic carbocycles. The van der Waals surface area contributed by atoms with Gasteiger partial charge in [-0.1, -0.05) is 28.1 Å². The monoisotopic (exact) mass is 371 g/mol. The third kappa shape index (κ3) is 4.30. The highest BCUT2D eigenvalue weighted by Gasteiger charge is 2.46. The van der Waals surface area contributed by atoms with Crippen molar-refractivity contribution in [2.45, 2.75) is 37.7 Å². The Kier molecular flexibility index (Phi) is 5.43. The van der Waals surface area contributed by atoms with Crippen LogP contribution in [0, 0.1) is 0 Å². The van der Waals surface area contributed by atoms with Crippen molar-refractivity contribution in [3.05, 3.63) is 34.3 Å². The van der Waals surface area contributed by atoms with Crippen LogP contribution in [-0.4, -0.2) is 26.5 Å².